The van der Waals surface area contributed by atoms with E-state index in [2.05, 4.69) is 0 Å². The number of benzene rings is 2. The van der Waals surface area contributed by atoms with Gasteiger partial charge in [-0.25, -0.2) is 13.2 Å². The van der Waals surface area contributed by atoms with E-state index in [1.165, 1.54) is 27.1 Å². The van der Waals surface area contributed by atoms with Crippen molar-refractivity contribution in [3.05, 3.63) is 58.6 Å². The number of sulfonamides is 1. The number of ether oxygens (including phenoxy) is 2. The van der Waals surface area contributed by atoms with E-state index in [0.717, 1.165) is 0 Å². The van der Waals surface area contributed by atoms with Crippen LogP contribution in [-0.4, -0.2) is 56.0 Å². The maximum Gasteiger partial charge on any atom is 0.420 e. The number of carbonyl (C=O) groups is 1. The summed E-state index contributed by atoms with van der Waals surface area (Å²) in [7, 11) is -3.74. The zero-order valence-corrected chi connectivity index (χ0v) is 17.8. The minimum absolute atomic E-state index is 0.0239. The molecule has 10 heteroatoms. The minimum atomic E-state index is -3.74. The first-order chi connectivity index (χ1) is 14.9. The first kappa shape index (κ1) is 21.3. The number of hydrogen-bond donors (Lipinski definition) is 0. The molecule has 31 heavy (non-hydrogen) atoms. The molecule has 1 fully saturated rings. The number of Topliss-reactive ketones (excluding diaryl/α,β-unsaturated/α-hetero) is 1. The second kappa shape index (κ2) is 8.66. The second-order valence-corrected chi connectivity index (χ2v) is 8.89. The van der Waals surface area contributed by atoms with Gasteiger partial charge >= 0.3 is 5.76 Å². The van der Waals surface area contributed by atoms with Gasteiger partial charge in [-0.15, -0.1) is 0 Å². The number of aromatic nitrogens is 1. The monoisotopic (exact) mass is 446 g/mol. The first-order valence-corrected chi connectivity index (χ1v) is 11.3. The topological polar surface area (TPSA) is 108 Å². The summed E-state index contributed by atoms with van der Waals surface area (Å²) in [5.74, 6) is -0.619. The van der Waals surface area contributed by atoms with Gasteiger partial charge in [0.2, 0.25) is 10.0 Å². The van der Waals surface area contributed by atoms with Crippen molar-refractivity contribution >= 4 is 26.9 Å². The summed E-state index contributed by atoms with van der Waals surface area (Å²) in [5, 5.41) is 0. The summed E-state index contributed by atoms with van der Waals surface area (Å²) in [5.41, 5.74) is 0.801. The van der Waals surface area contributed by atoms with Gasteiger partial charge in [-0.05, 0) is 31.2 Å². The molecule has 0 radical (unpaired) electrons. The van der Waals surface area contributed by atoms with Crippen LogP contribution in [0.25, 0.3) is 11.1 Å². The molecule has 2 heterocycles. The molecule has 0 spiro atoms. The number of morpholine rings is 1. The van der Waals surface area contributed by atoms with Crippen molar-refractivity contribution in [3.63, 3.8) is 0 Å². The minimum Gasteiger partial charge on any atom is -0.493 e. The molecule has 164 valence electrons. The Labute approximate surface area is 178 Å². The van der Waals surface area contributed by atoms with Crippen LogP contribution >= 0.6 is 0 Å². The molecule has 0 atom stereocenters. The molecule has 0 N–H and O–H groups in total. The highest BCUT2D eigenvalue weighted by Crippen LogP contribution is 2.24. The number of ketones is 1. The van der Waals surface area contributed by atoms with Gasteiger partial charge in [-0.3, -0.25) is 9.36 Å². The summed E-state index contributed by atoms with van der Waals surface area (Å²) in [6, 6.07) is 11.0. The van der Waals surface area contributed by atoms with Crippen LogP contribution in [0.15, 0.2) is 56.6 Å². The van der Waals surface area contributed by atoms with Crippen molar-refractivity contribution in [2.24, 2.45) is 0 Å². The maximum absolute atomic E-state index is 12.9. The third kappa shape index (κ3) is 4.14. The van der Waals surface area contributed by atoms with Gasteiger partial charge in [0.15, 0.2) is 11.4 Å². The van der Waals surface area contributed by atoms with Crippen molar-refractivity contribution in [3.8, 4) is 5.75 Å². The van der Waals surface area contributed by atoms with Gasteiger partial charge in [0, 0.05) is 19.2 Å². The Bertz CT molecular complexity index is 1270. The number of hydrogen-bond acceptors (Lipinski definition) is 7. The molecular weight excluding hydrogens is 424 g/mol. The van der Waals surface area contributed by atoms with Crippen LogP contribution < -0.4 is 10.5 Å². The van der Waals surface area contributed by atoms with E-state index in [9.17, 15) is 18.0 Å². The Kier molecular flexibility index (Phi) is 5.94. The van der Waals surface area contributed by atoms with E-state index in [4.69, 9.17) is 13.9 Å². The molecule has 0 unspecified atom stereocenters. The molecule has 4 rings (SSSR count). The lowest BCUT2D eigenvalue weighted by atomic mass is 10.1. The number of nitrogens with zero attached hydrogens (tertiary/aromatic N) is 2. The largest absolute Gasteiger partial charge is 0.493 e. The lowest BCUT2D eigenvalue weighted by Crippen LogP contribution is -2.40. The number of oxazole rings is 1. The lowest BCUT2D eigenvalue weighted by Gasteiger charge is -2.25. The van der Waals surface area contributed by atoms with Crippen LogP contribution in [0.3, 0.4) is 0 Å². The normalized spacial score (nSPS) is 15.3. The predicted octanol–water partition coefficient (Wildman–Crippen LogP) is 1.90. The van der Waals surface area contributed by atoms with Gasteiger partial charge in [0.25, 0.3) is 0 Å². The highest BCUT2D eigenvalue weighted by molar-refractivity contribution is 7.89. The van der Waals surface area contributed by atoms with Crippen LogP contribution in [0.4, 0.5) is 0 Å². The van der Waals surface area contributed by atoms with Crippen LogP contribution in [0.2, 0.25) is 0 Å². The van der Waals surface area contributed by atoms with Gasteiger partial charge < -0.3 is 13.9 Å². The van der Waals surface area contributed by atoms with Gasteiger partial charge in [0.1, 0.15) is 5.75 Å². The Morgan fingerprint density at radius 2 is 1.87 bits per heavy atom. The fraction of sp³-hybridized carbons (Fsp3) is 0.333. The molecule has 0 saturated carbocycles. The molecule has 0 bridgehead atoms. The number of para-hydroxylation sites is 1. The SMILES string of the molecule is CCOc1ccccc1C(=O)Cn1c(=O)oc2cc(S(=O)(=O)N3CCOCC3)ccc21. The predicted molar refractivity (Wildman–Crippen MR) is 112 cm³/mol. The van der Waals surface area contributed by atoms with E-state index in [1.54, 1.807) is 24.3 Å². The Balaban J connectivity index is 1.65. The van der Waals surface area contributed by atoms with Crippen LogP contribution in [0.5, 0.6) is 5.75 Å². The lowest BCUT2D eigenvalue weighted by molar-refractivity contribution is 0.0730. The molecule has 9 nitrogen and oxygen atoms in total. The highest BCUT2D eigenvalue weighted by atomic mass is 32.2. The van der Waals surface area contributed by atoms with E-state index < -0.39 is 15.8 Å². The maximum atomic E-state index is 12.9. The highest BCUT2D eigenvalue weighted by Gasteiger charge is 2.27. The quantitative estimate of drug-likeness (QED) is 0.510. The summed E-state index contributed by atoms with van der Waals surface area (Å²) in [6.45, 7) is 3.15. The van der Waals surface area contributed by atoms with E-state index in [0.29, 0.717) is 36.7 Å². The third-order valence-corrected chi connectivity index (χ3v) is 6.93. The van der Waals surface area contributed by atoms with Gasteiger partial charge in [-0.2, -0.15) is 4.31 Å². The van der Waals surface area contributed by atoms with Gasteiger partial charge in [-0.1, -0.05) is 12.1 Å². The smallest absolute Gasteiger partial charge is 0.420 e. The Morgan fingerprint density at radius 3 is 2.61 bits per heavy atom. The fourth-order valence-corrected chi connectivity index (χ4v) is 4.92. The van der Waals surface area contributed by atoms with E-state index in [1.807, 2.05) is 6.92 Å². The number of carbonyl (C=O) groups excluding carboxylic acids is 1. The fourth-order valence-electron chi connectivity index (χ4n) is 3.50. The summed E-state index contributed by atoms with van der Waals surface area (Å²) >= 11 is 0. The standard InChI is InChI=1S/C21H22N2O7S/c1-2-29-19-6-4-3-5-16(19)18(24)14-23-17-8-7-15(13-20(17)30-21(23)25)31(26,27)22-9-11-28-12-10-22/h3-8,13H,2,9-12,14H2,1H3. The summed E-state index contributed by atoms with van der Waals surface area (Å²) < 4.78 is 44.2. The molecule has 2 aromatic carbocycles. The Morgan fingerprint density at radius 1 is 1.13 bits per heavy atom. The number of fused-ring (bicyclic) bond motifs is 1. The van der Waals surface area contributed by atoms with Crippen LogP contribution in [0, 0.1) is 0 Å². The van der Waals surface area contributed by atoms with Crippen molar-refractivity contribution in [2.45, 2.75) is 18.4 Å². The molecule has 0 aliphatic carbocycles. The first-order valence-electron chi connectivity index (χ1n) is 9.88. The average Bonchev–Trinajstić information content (AvgIpc) is 3.09. The molecule has 1 saturated heterocycles. The molecule has 1 aliphatic rings. The van der Waals surface area contributed by atoms with E-state index in [-0.39, 0.29) is 35.9 Å². The summed E-state index contributed by atoms with van der Waals surface area (Å²) in [6.07, 6.45) is 0. The second-order valence-electron chi connectivity index (χ2n) is 6.95. The van der Waals surface area contributed by atoms with E-state index >= 15 is 0 Å². The zero-order valence-electron chi connectivity index (χ0n) is 16.9. The average molecular weight is 446 g/mol. The zero-order chi connectivity index (χ0) is 22.0. The molecule has 1 aromatic heterocycles. The molecule has 1 aliphatic heterocycles. The van der Waals surface area contributed by atoms with Crippen molar-refractivity contribution < 1.29 is 27.1 Å². The molecular formula is C21H22N2O7S. The number of rotatable bonds is 7. The molecule has 3 aromatic rings. The van der Waals surface area contributed by atoms with Crippen molar-refractivity contribution in [1.82, 2.24) is 8.87 Å². The molecule has 0 amide bonds. The Hall–Kier alpha value is -2.95. The van der Waals surface area contributed by atoms with Crippen molar-refractivity contribution in [2.75, 3.05) is 32.9 Å². The van der Waals surface area contributed by atoms with Crippen LogP contribution in [-0.2, 0) is 21.3 Å². The summed E-state index contributed by atoms with van der Waals surface area (Å²) in [4.78, 5) is 25.3. The third-order valence-electron chi connectivity index (χ3n) is 5.04. The van der Waals surface area contributed by atoms with Crippen molar-refractivity contribution in [1.29, 1.82) is 0 Å². The van der Waals surface area contributed by atoms with Gasteiger partial charge in [0.05, 0.1) is 42.3 Å². The van der Waals surface area contributed by atoms with Crippen LogP contribution in [0.1, 0.15) is 17.3 Å².